The van der Waals surface area contributed by atoms with Crippen LogP contribution in [0.25, 0.3) is 5.69 Å². The van der Waals surface area contributed by atoms with Crippen molar-refractivity contribution in [2.24, 2.45) is 0 Å². The zero-order valence-electron chi connectivity index (χ0n) is 27.8. The molecule has 3 atom stereocenters. The molecule has 1 unspecified atom stereocenters. The van der Waals surface area contributed by atoms with Gasteiger partial charge in [-0.25, -0.2) is 32.5 Å². The Labute approximate surface area is 294 Å². The number of rotatable bonds is 11. The molecule has 264 valence electrons. The number of anilines is 2. The highest BCUT2D eigenvalue weighted by atomic mass is 35.5. The van der Waals surface area contributed by atoms with Crippen molar-refractivity contribution in [1.29, 1.82) is 0 Å². The normalized spacial score (nSPS) is 19.7. The van der Waals surface area contributed by atoms with Gasteiger partial charge in [-0.2, -0.15) is 10.2 Å². The average Bonchev–Trinajstić information content (AvgIpc) is 3.88. The van der Waals surface area contributed by atoms with Crippen LogP contribution >= 0.6 is 12.4 Å². The van der Waals surface area contributed by atoms with Crippen LogP contribution in [0, 0.1) is 11.6 Å². The van der Waals surface area contributed by atoms with Crippen LogP contribution in [0.4, 0.5) is 20.2 Å². The average molecular weight is 709 g/mol. The van der Waals surface area contributed by atoms with E-state index in [1.54, 1.807) is 10.9 Å². The van der Waals surface area contributed by atoms with Crippen LogP contribution in [0.2, 0.25) is 0 Å². The summed E-state index contributed by atoms with van der Waals surface area (Å²) < 4.78 is 51.4. The number of ether oxygens (including phenoxy) is 3. The van der Waals surface area contributed by atoms with Crippen molar-refractivity contribution >= 4 is 23.8 Å². The Morgan fingerprint density at radius 1 is 0.920 bits per heavy atom. The molecule has 50 heavy (non-hydrogen) atoms. The first kappa shape index (κ1) is 35.1. The summed E-state index contributed by atoms with van der Waals surface area (Å²) in [5.41, 5.74) is 2.95. The summed E-state index contributed by atoms with van der Waals surface area (Å²) in [7, 11) is 0. The first-order valence-corrected chi connectivity index (χ1v) is 16.4. The molecule has 0 saturated carbocycles. The van der Waals surface area contributed by atoms with Crippen molar-refractivity contribution in [2.75, 3.05) is 49.2 Å². The van der Waals surface area contributed by atoms with Gasteiger partial charge in [0.25, 0.3) is 0 Å². The second-order valence-electron chi connectivity index (χ2n) is 12.3. The summed E-state index contributed by atoms with van der Waals surface area (Å²) in [4.78, 5) is 21.4. The number of hydrogen-bond donors (Lipinski definition) is 0. The Bertz CT molecular complexity index is 1910. The number of halogens is 3. The second-order valence-corrected chi connectivity index (χ2v) is 12.3. The molecule has 0 amide bonds. The highest BCUT2D eigenvalue weighted by Gasteiger charge is 2.46. The largest absolute Gasteiger partial charge is 0.491 e. The van der Waals surface area contributed by atoms with Gasteiger partial charge in [-0.1, -0.05) is 6.92 Å². The van der Waals surface area contributed by atoms with E-state index in [1.807, 2.05) is 50.2 Å². The van der Waals surface area contributed by atoms with Gasteiger partial charge in [-0.05, 0) is 74.0 Å². The van der Waals surface area contributed by atoms with Gasteiger partial charge in [0, 0.05) is 49.2 Å². The zero-order valence-corrected chi connectivity index (χ0v) is 28.6. The molecule has 7 rings (SSSR count). The predicted octanol–water partition coefficient (Wildman–Crippen LogP) is 4.97. The van der Waals surface area contributed by atoms with Crippen molar-refractivity contribution in [3.63, 3.8) is 0 Å². The van der Waals surface area contributed by atoms with E-state index in [9.17, 15) is 13.6 Å². The molecule has 0 N–H and O–H groups in total. The number of aromatic nitrogens is 6. The molecule has 2 aromatic heterocycles. The fourth-order valence-electron chi connectivity index (χ4n) is 6.24. The summed E-state index contributed by atoms with van der Waals surface area (Å²) in [6, 6.07) is 19.3. The lowest BCUT2D eigenvalue weighted by Gasteiger charge is -2.37. The summed E-state index contributed by atoms with van der Waals surface area (Å²) in [5.74, 6) is -2.30. The molecule has 0 radical (unpaired) electrons. The van der Waals surface area contributed by atoms with E-state index >= 15 is 0 Å². The first-order valence-electron chi connectivity index (χ1n) is 16.4. The quantitative estimate of drug-likeness (QED) is 0.188. The molecule has 15 heteroatoms. The van der Waals surface area contributed by atoms with Crippen LogP contribution in [0.5, 0.6) is 5.75 Å². The summed E-state index contributed by atoms with van der Waals surface area (Å²) >= 11 is 0. The molecule has 2 fully saturated rings. The predicted molar refractivity (Wildman–Crippen MR) is 185 cm³/mol. The van der Waals surface area contributed by atoms with Gasteiger partial charge in [0.2, 0.25) is 5.79 Å². The molecular formula is C35H39ClF2N8O4. The molecule has 2 saturated heterocycles. The molecule has 2 aliphatic heterocycles. The van der Waals surface area contributed by atoms with E-state index < -0.39 is 23.5 Å². The Kier molecular flexibility index (Phi) is 10.5. The van der Waals surface area contributed by atoms with Crippen LogP contribution in [0.3, 0.4) is 0 Å². The maximum atomic E-state index is 14.9. The highest BCUT2D eigenvalue weighted by Crippen LogP contribution is 2.38. The van der Waals surface area contributed by atoms with E-state index in [4.69, 9.17) is 14.2 Å². The molecule has 0 aliphatic carbocycles. The lowest BCUT2D eigenvalue weighted by Crippen LogP contribution is -2.46. The minimum absolute atomic E-state index is 0. The van der Waals surface area contributed by atoms with Gasteiger partial charge < -0.3 is 24.0 Å². The fourth-order valence-corrected chi connectivity index (χ4v) is 6.24. The summed E-state index contributed by atoms with van der Waals surface area (Å²) in [6.07, 6.45) is 4.77. The summed E-state index contributed by atoms with van der Waals surface area (Å²) in [6.45, 7) is 7.80. The van der Waals surface area contributed by atoms with Gasteiger partial charge in [0.15, 0.2) is 0 Å². The molecule has 12 nitrogen and oxygen atoms in total. The van der Waals surface area contributed by atoms with Gasteiger partial charge in [0.05, 0.1) is 18.3 Å². The maximum Gasteiger partial charge on any atom is 0.350 e. The monoisotopic (exact) mass is 708 g/mol. The lowest BCUT2D eigenvalue weighted by molar-refractivity contribution is -0.192. The Morgan fingerprint density at radius 3 is 2.20 bits per heavy atom. The number of nitrogens with zero attached hydrogens (tertiary/aromatic N) is 8. The van der Waals surface area contributed by atoms with Crippen molar-refractivity contribution in [1.82, 2.24) is 29.1 Å². The SMILES string of the molecule is CCC(C)n1ncn(-c2ccc(N3CCN(c4ccc(OC[C@H]5CO[C@](Cn6cncn6)(c6ccc(F)cc6F)O5)cc4)CC3)cc2)c1=O.Cl. The van der Waals surface area contributed by atoms with Gasteiger partial charge in [-0.15, -0.1) is 12.4 Å². The third-order valence-corrected chi connectivity index (χ3v) is 9.15. The molecule has 2 aliphatic rings. The number of piperazine rings is 1. The Hall–Kier alpha value is -4.79. The maximum absolute atomic E-state index is 14.9. The van der Waals surface area contributed by atoms with Crippen LogP contribution in [0.15, 0.2) is 90.5 Å². The molecular weight excluding hydrogens is 670 g/mol. The smallest absolute Gasteiger partial charge is 0.350 e. The van der Waals surface area contributed by atoms with Gasteiger partial charge in [0.1, 0.15) is 55.6 Å². The van der Waals surface area contributed by atoms with Gasteiger partial charge >= 0.3 is 5.69 Å². The fraction of sp³-hybridized carbons (Fsp3) is 0.371. The van der Waals surface area contributed by atoms with Crippen LogP contribution in [0.1, 0.15) is 31.9 Å². The second kappa shape index (κ2) is 15.0. The topological polar surface area (TPSA) is 105 Å². The van der Waals surface area contributed by atoms with Crippen molar-refractivity contribution < 1.29 is 23.0 Å². The Morgan fingerprint density at radius 2 is 1.58 bits per heavy atom. The van der Waals surface area contributed by atoms with E-state index in [-0.39, 0.29) is 49.5 Å². The molecule has 5 aromatic rings. The minimum atomic E-state index is -1.51. The summed E-state index contributed by atoms with van der Waals surface area (Å²) in [5, 5.41) is 8.39. The number of hydrogen-bond acceptors (Lipinski definition) is 9. The van der Waals surface area contributed by atoms with E-state index in [2.05, 4.69) is 37.1 Å². The van der Waals surface area contributed by atoms with Gasteiger partial charge in [-0.3, -0.25) is 0 Å². The molecule has 4 heterocycles. The molecule has 3 aromatic carbocycles. The third kappa shape index (κ3) is 7.23. The molecule has 0 spiro atoms. The minimum Gasteiger partial charge on any atom is -0.491 e. The van der Waals surface area contributed by atoms with E-state index in [0.29, 0.717) is 5.75 Å². The Balaban J connectivity index is 0.00000432. The van der Waals surface area contributed by atoms with Crippen LogP contribution in [-0.4, -0.2) is 74.6 Å². The standard InChI is InChI=1S/C35H38F2N8O4.ClH/c1-3-25(2)45-34(46)44(24-40-45)29-7-5-27(6-8-29)41-14-16-42(17-15-41)28-9-11-30(12-10-28)47-19-31-20-48-35(49-31,21-43-23-38-22-39-43)32-13-4-26(36)18-33(32)37;/h4-13,18,22-25,31H,3,14-17,19-21H2,1-2H3;1H/t25?,31-,35-;/m0./s1. The van der Waals surface area contributed by atoms with Crippen molar-refractivity contribution in [3.8, 4) is 11.4 Å². The highest BCUT2D eigenvalue weighted by molar-refractivity contribution is 5.85. The van der Waals surface area contributed by atoms with Crippen molar-refractivity contribution in [3.05, 3.63) is 113 Å². The van der Waals surface area contributed by atoms with Crippen molar-refractivity contribution in [2.45, 2.75) is 44.7 Å². The van der Waals surface area contributed by atoms with Crippen LogP contribution < -0.4 is 20.2 Å². The molecule has 0 bridgehead atoms. The lowest BCUT2D eigenvalue weighted by atomic mass is 10.0. The zero-order chi connectivity index (χ0) is 34.0. The van der Waals surface area contributed by atoms with E-state index in [0.717, 1.165) is 55.7 Å². The van der Waals surface area contributed by atoms with Crippen LogP contribution in [-0.2, 0) is 21.8 Å². The first-order chi connectivity index (χ1) is 23.8. The third-order valence-electron chi connectivity index (χ3n) is 9.15. The van der Waals surface area contributed by atoms with E-state index in [1.165, 1.54) is 34.2 Å². The number of benzene rings is 3.